The van der Waals surface area contributed by atoms with Crippen LogP contribution in [-0.4, -0.2) is 10.9 Å². The van der Waals surface area contributed by atoms with Crippen molar-refractivity contribution in [1.82, 2.24) is 10.3 Å². The van der Waals surface area contributed by atoms with Crippen LogP contribution in [0.25, 0.3) is 11.3 Å². The summed E-state index contributed by atoms with van der Waals surface area (Å²) in [4.78, 5) is 16.4. The molecule has 0 saturated carbocycles. The lowest BCUT2D eigenvalue weighted by molar-refractivity contribution is -0.121. The van der Waals surface area contributed by atoms with Crippen LogP contribution in [0.1, 0.15) is 30.8 Å². The Bertz CT molecular complexity index is 828. The predicted octanol–water partition coefficient (Wildman–Crippen LogP) is 4.81. The summed E-state index contributed by atoms with van der Waals surface area (Å²) in [5.41, 5.74) is 1.99. The lowest BCUT2D eigenvalue weighted by Crippen LogP contribution is -2.26. The van der Waals surface area contributed by atoms with Gasteiger partial charge in [0.2, 0.25) is 5.91 Å². The minimum absolute atomic E-state index is 0.0399. The molecule has 0 bridgehead atoms. The standard InChI is InChI=1S/C20H19ClN2O2/c1-14(15-7-9-17(21)10-8-15)23-19(24)11-12-20-22-13-18(25-20)16-5-3-2-4-6-16/h2-10,13-14H,11-12H2,1H3,(H,23,24)/t14-/m0/s1. The molecule has 3 rings (SSSR count). The summed E-state index contributed by atoms with van der Waals surface area (Å²) in [5, 5.41) is 3.65. The molecule has 0 unspecified atom stereocenters. The molecule has 3 aromatic rings. The van der Waals surface area contributed by atoms with Gasteiger partial charge >= 0.3 is 0 Å². The number of aromatic nitrogens is 1. The minimum atomic E-state index is -0.0748. The fraction of sp³-hybridized carbons (Fsp3) is 0.200. The maximum absolute atomic E-state index is 12.1. The Morgan fingerprint density at radius 2 is 1.88 bits per heavy atom. The van der Waals surface area contributed by atoms with Gasteiger partial charge in [-0.25, -0.2) is 4.98 Å². The van der Waals surface area contributed by atoms with E-state index in [1.807, 2.05) is 61.5 Å². The van der Waals surface area contributed by atoms with E-state index < -0.39 is 0 Å². The van der Waals surface area contributed by atoms with Crippen molar-refractivity contribution in [2.45, 2.75) is 25.8 Å². The topological polar surface area (TPSA) is 55.1 Å². The van der Waals surface area contributed by atoms with Gasteiger partial charge in [0.05, 0.1) is 12.2 Å². The third-order valence-corrected chi connectivity index (χ3v) is 4.18. The summed E-state index contributed by atoms with van der Waals surface area (Å²) in [5.74, 6) is 1.24. The quantitative estimate of drug-likeness (QED) is 0.691. The van der Waals surface area contributed by atoms with Crippen LogP contribution in [0.2, 0.25) is 5.02 Å². The number of nitrogens with one attached hydrogen (secondary N) is 1. The monoisotopic (exact) mass is 354 g/mol. The van der Waals surface area contributed by atoms with Crippen LogP contribution >= 0.6 is 11.6 Å². The lowest BCUT2D eigenvalue weighted by Gasteiger charge is -2.14. The summed E-state index contributed by atoms with van der Waals surface area (Å²) in [7, 11) is 0. The van der Waals surface area contributed by atoms with Crippen LogP contribution in [-0.2, 0) is 11.2 Å². The van der Waals surface area contributed by atoms with Crippen LogP contribution < -0.4 is 5.32 Å². The van der Waals surface area contributed by atoms with Crippen LogP contribution in [0.5, 0.6) is 0 Å². The van der Waals surface area contributed by atoms with Gasteiger partial charge in [-0.05, 0) is 24.6 Å². The van der Waals surface area contributed by atoms with Crippen molar-refractivity contribution in [3.63, 3.8) is 0 Å². The van der Waals surface area contributed by atoms with Gasteiger partial charge in [-0.2, -0.15) is 0 Å². The fourth-order valence-corrected chi connectivity index (χ4v) is 2.66. The molecule has 1 heterocycles. The summed E-state index contributed by atoms with van der Waals surface area (Å²) >= 11 is 5.88. The Labute approximate surface area is 151 Å². The first-order chi connectivity index (χ1) is 12.1. The molecule has 1 N–H and O–H groups in total. The molecule has 1 aromatic heterocycles. The number of halogens is 1. The van der Waals surface area contributed by atoms with Crippen molar-refractivity contribution in [2.24, 2.45) is 0 Å². The molecule has 0 aliphatic heterocycles. The summed E-state index contributed by atoms with van der Waals surface area (Å²) < 4.78 is 5.72. The number of oxazole rings is 1. The van der Waals surface area contributed by atoms with Crippen molar-refractivity contribution >= 4 is 17.5 Å². The zero-order chi connectivity index (χ0) is 17.6. The highest BCUT2D eigenvalue weighted by Gasteiger charge is 2.12. The van der Waals surface area contributed by atoms with E-state index in [0.29, 0.717) is 29.5 Å². The average Bonchev–Trinajstić information content (AvgIpc) is 3.10. The Morgan fingerprint density at radius 3 is 2.60 bits per heavy atom. The van der Waals surface area contributed by atoms with E-state index in [1.54, 1.807) is 6.20 Å². The molecule has 1 amide bonds. The van der Waals surface area contributed by atoms with Crippen molar-refractivity contribution in [3.05, 3.63) is 77.3 Å². The van der Waals surface area contributed by atoms with Gasteiger partial charge in [-0.3, -0.25) is 4.79 Å². The van der Waals surface area contributed by atoms with Gasteiger partial charge in [0.25, 0.3) is 0 Å². The highest BCUT2D eigenvalue weighted by molar-refractivity contribution is 6.30. The van der Waals surface area contributed by atoms with Crippen LogP contribution in [0, 0.1) is 0 Å². The lowest BCUT2D eigenvalue weighted by atomic mass is 10.1. The van der Waals surface area contributed by atoms with Gasteiger partial charge in [0.1, 0.15) is 0 Å². The first kappa shape index (κ1) is 17.2. The van der Waals surface area contributed by atoms with Gasteiger partial charge in [0, 0.05) is 23.4 Å². The highest BCUT2D eigenvalue weighted by Crippen LogP contribution is 2.20. The Hall–Kier alpha value is -2.59. The molecule has 25 heavy (non-hydrogen) atoms. The maximum atomic E-state index is 12.1. The van der Waals surface area contributed by atoms with Crippen molar-refractivity contribution in [1.29, 1.82) is 0 Å². The summed E-state index contributed by atoms with van der Waals surface area (Å²) in [6.45, 7) is 1.94. The molecule has 0 aliphatic rings. The summed E-state index contributed by atoms with van der Waals surface area (Å²) in [6.07, 6.45) is 2.48. The van der Waals surface area contributed by atoms with Crippen molar-refractivity contribution in [3.8, 4) is 11.3 Å². The molecule has 0 radical (unpaired) electrons. The highest BCUT2D eigenvalue weighted by atomic mass is 35.5. The van der Waals surface area contributed by atoms with E-state index >= 15 is 0 Å². The molecule has 1 atom stereocenters. The molecule has 2 aromatic carbocycles. The van der Waals surface area contributed by atoms with Gasteiger partial charge < -0.3 is 9.73 Å². The number of carbonyl (C=O) groups excluding carboxylic acids is 1. The van der Waals surface area contributed by atoms with Crippen molar-refractivity contribution in [2.75, 3.05) is 0 Å². The SMILES string of the molecule is C[C@H](NC(=O)CCc1ncc(-c2ccccc2)o1)c1ccc(Cl)cc1. The maximum Gasteiger partial charge on any atom is 0.220 e. The number of hydrogen-bond acceptors (Lipinski definition) is 3. The molecule has 128 valence electrons. The molecule has 0 aliphatic carbocycles. The number of carbonyl (C=O) groups is 1. The smallest absolute Gasteiger partial charge is 0.220 e. The predicted molar refractivity (Wildman–Crippen MR) is 98.3 cm³/mol. The second-order valence-corrected chi connectivity index (χ2v) is 6.26. The molecular weight excluding hydrogens is 336 g/mol. The molecule has 0 saturated heterocycles. The van der Waals surface area contributed by atoms with Crippen LogP contribution in [0.3, 0.4) is 0 Å². The Morgan fingerprint density at radius 1 is 1.16 bits per heavy atom. The number of hydrogen-bond donors (Lipinski definition) is 1. The molecule has 4 nitrogen and oxygen atoms in total. The van der Waals surface area contributed by atoms with Gasteiger partial charge in [-0.15, -0.1) is 0 Å². The summed E-state index contributed by atoms with van der Waals surface area (Å²) in [6, 6.07) is 17.2. The number of rotatable bonds is 6. The van der Waals surface area contributed by atoms with Crippen LogP contribution in [0.15, 0.2) is 65.2 Å². The third-order valence-electron chi connectivity index (χ3n) is 3.93. The first-order valence-corrected chi connectivity index (χ1v) is 8.54. The van der Waals surface area contributed by atoms with E-state index in [4.69, 9.17) is 16.0 Å². The molecule has 0 fully saturated rings. The average molecular weight is 355 g/mol. The Balaban J connectivity index is 1.52. The van der Waals surface area contributed by atoms with Gasteiger partial charge in [0.15, 0.2) is 11.7 Å². The first-order valence-electron chi connectivity index (χ1n) is 8.17. The van der Waals surface area contributed by atoms with E-state index in [9.17, 15) is 4.79 Å². The number of aryl methyl sites for hydroxylation is 1. The van der Waals surface area contributed by atoms with Crippen molar-refractivity contribution < 1.29 is 9.21 Å². The van der Waals surface area contributed by atoms with E-state index in [0.717, 1.165) is 11.1 Å². The largest absolute Gasteiger partial charge is 0.441 e. The van der Waals surface area contributed by atoms with Crippen LogP contribution in [0.4, 0.5) is 0 Å². The zero-order valence-corrected chi connectivity index (χ0v) is 14.7. The van der Waals surface area contributed by atoms with Gasteiger partial charge in [-0.1, -0.05) is 54.1 Å². The zero-order valence-electron chi connectivity index (χ0n) is 13.9. The molecule has 5 heteroatoms. The van der Waals surface area contributed by atoms with E-state index in [-0.39, 0.29) is 11.9 Å². The van der Waals surface area contributed by atoms with E-state index in [2.05, 4.69) is 10.3 Å². The molecule has 0 spiro atoms. The number of benzene rings is 2. The second kappa shape index (κ2) is 7.99. The molecular formula is C20H19ClN2O2. The normalized spacial score (nSPS) is 11.9. The van der Waals surface area contributed by atoms with E-state index in [1.165, 1.54) is 0 Å². The minimum Gasteiger partial charge on any atom is -0.441 e. The fourth-order valence-electron chi connectivity index (χ4n) is 2.53. The number of nitrogens with zero attached hydrogens (tertiary/aromatic N) is 1. The number of amides is 1. The Kier molecular flexibility index (Phi) is 5.51. The second-order valence-electron chi connectivity index (χ2n) is 5.83. The third kappa shape index (κ3) is 4.70.